The molecule has 0 spiro atoms. The van der Waals surface area contributed by atoms with Gasteiger partial charge in [-0.25, -0.2) is 4.63 Å². The molecule has 1 aliphatic heterocycles. The van der Waals surface area contributed by atoms with Gasteiger partial charge in [0, 0.05) is 19.6 Å². The van der Waals surface area contributed by atoms with Crippen molar-refractivity contribution >= 4 is 28.1 Å². The number of benzene rings is 2. The minimum atomic E-state index is -0.455. The lowest BCUT2D eigenvalue weighted by Gasteiger charge is -2.29. The molecule has 9 nitrogen and oxygen atoms in total. The third kappa shape index (κ3) is 3.04. The quantitative estimate of drug-likeness (QED) is 0.550. The monoisotopic (exact) mass is 355 g/mol. The van der Waals surface area contributed by atoms with Gasteiger partial charge < -0.3 is 15.0 Å². The SMILES string of the molecule is O=[N+]([O-])c1c(NCc2ccccc2)cc(N2CCOCC2)c2nonc12. The molecule has 2 aromatic carbocycles. The van der Waals surface area contributed by atoms with E-state index in [-0.39, 0.29) is 11.2 Å². The second-order valence-corrected chi connectivity index (χ2v) is 5.95. The highest BCUT2D eigenvalue weighted by atomic mass is 16.6. The van der Waals surface area contributed by atoms with Crippen LogP contribution in [-0.2, 0) is 11.3 Å². The number of morpholine rings is 1. The number of fused-ring (bicyclic) bond motifs is 1. The molecule has 0 amide bonds. The van der Waals surface area contributed by atoms with Crippen molar-refractivity contribution in [3.05, 3.63) is 52.1 Å². The molecule has 0 saturated carbocycles. The van der Waals surface area contributed by atoms with Gasteiger partial charge in [-0.1, -0.05) is 30.3 Å². The normalized spacial score (nSPS) is 14.5. The summed E-state index contributed by atoms with van der Waals surface area (Å²) in [7, 11) is 0. The number of hydrogen-bond acceptors (Lipinski definition) is 8. The highest BCUT2D eigenvalue weighted by molar-refractivity contribution is 5.99. The third-order valence-corrected chi connectivity index (χ3v) is 4.35. The molecule has 1 N–H and O–H groups in total. The lowest BCUT2D eigenvalue weighted by Crippen LogP contribution is -2.36. The molecule has 134 valence electrons. The molecule has 0 unspecified atom stereocenters. The van der Waals surface area contributed by atoms with Crippen LogP contribution in [0.15, 0.2) is 41.0 Å². The van der Waals surface area contributed by atoms with Crippen LogP contribution in [0.4, 0.5) is 17.1 Å². The summed E-state index contributed by atoms with van der Waals surface area (Å²) < 4.78 is 10.2. The molecule has 2 heterocycles. The summed E-state index contributed by atoms with van der Waals surface area (Å²) in [6.45, 7) is 3.00. The molecular weight excluding hydrogens is 338 g/mol. The number of anilines is 2. The molecule has 4 rings (SSSR count). The fourth-order valence-electron chi connectivity index (χ4n) is 3.07. The van der Waals surface area contributed by atoms with Crippen molar-refractivity contribution in [2.75, 3.05) is 36.5 Å². The van der Waals surface area contributed by atoms with E-state index in [4.69, 9.17) is 9.37 Å². The summed E-state index contributed by atoms with van der Waals surface area (Å²) in [5.41, 5.74) is 2.58. The molecule has 0 bridgehead atoms. The zero-order valence-electron chi connectivity index (χ0n) is 13.9. The zero-order chi connectivity index (χ0) is 17.9. The summed E-state index contributed by atoms with van der Waals surface area (Å²) in [5.74, 6) is 0. The van der Waals surface area contributed by atoms with Crippen LogP contribution in [0.2, 0.25) is 0 Å². The van der Waals surface area contributed by atoms with Gasteiger partial charge >= 0.3 is 5.69 Å². The maximum atomic E-state index is 11.7. The van der Waals surface area contributed by atoms with E-state index in [9.17, 15) is 10.1 Å². The molecule has 1 aromatic heterocycles. The van der Waals surface area contributed by atoms with Crippen molar-refractivity contribution in [2.45, 2.75) is 6.54 Å². The predicted molar refractivity (Wildman–Crippen MR) is 95.3 cm³/mol. The first kappa shape index (κ1) is 16.3. The molecule has 1 fully saturated rings. The summed E-state index contributed by atoms with van der Waals surface area (Å²) in [6, 6.07) is 11.4. The number of hydrogen-bond donors (Lipinski definition) is 1. The van der Waals surface area contributed by atoms with Crippen LogP contribution in [0.25, 0.3) is 11.0 Å². The third-order valence-electron chi connectivity index (χ3n) is 4.35. The van der Waals surface area contributed by atoms with E-state index >= 15 is 0 Å². The molecule has 3 aromatic rings. The van der Waals surface area contributed by atoms with Crippen molar-refractivity contribution in [1.29, 1.82) is 0 Å². The Balaban J connectivity index is 1.76. The van der Waals surface area contributed by atoms with E-state index in [1.807, 2.05) is 30.3 Å². The van der Waals surface area contributed by atoms with Crippen LogP contribution < -0.4 is 10.2 Å². The Morgan fingerprint density at radius 1 is 1.15 bits per heavy atom. The minimum absolute atomic E-state index is 0.130. The molecular formula is C17H17N5O4. The molecule has 0 atom stereocenters. The second-order valence-electron chi connectivity index (χ2n) is 5.95. The van der Waals surface area contributed by atoms with Crippen LogP contribution in [0.5, 0.6) is 0 Å². The van der Waals surface area contributed by atoms with Gasteiger partial charge in [0.2, 0.25) is 5.52 Å². The van der Waals surface area contributed by atoms with E-state index in [0.29, 0.717) is 44.1 Å². The average Bonchev–Trinajstić information content (AvgIpc) is 3.16. The minimum Gasteiger partial charge on any atom is -0.378 e. The van der Waals surface area contributed by atoms with Crippen LogP contribution in [0.3, 0.4) is 0 Å². The van der Waals surface area contributed by atoms with E-state index in [0.717, 1.165) is 11.3 Å². The largest absolute Gasteiger partial charge is 0.378 e. The first-order valence-corrected chi connectivity index (χ1v) is 8.28. The van der Waals surface area contributed by atoms with Gasteiger partial charge in [0.15, 0.2) is 5.52 Å². The van der Waals surface area contributed by atoms with E-state index in [1.54, 1.807) is 6.07 Å². The Morgan fingerprint density at radius 3 is 2.62 bits per heavy atom. The summed E-state index contributed by atoms with van der Waals surface area (Å²) in [6.07, 6.45) is 0. The number of nitrogens with zero attached hydrogens (tertiary/aromatic N) is 4. The molecule has 1 saturated heterocycles. The average molecular weight is 355 g/mol. The first-order chi connectivity index (χ1) is 12.7. The van der Waals surface area contributed by atoms with Crippen LogP contribution >= 0.6 is 0 Å². The number of rotatable bonds is 5. The highest BCUT2D eigenvalue weighted by Crippen LogP contribution is 2.38. The highest BCUT2D eigenvalue weighted by Gasteiger charge is 2.28. The molecule has 1 aliphatic rings. The van der Waals surface area contributed by atoms with E-state index in [1.165, 1.54) is 0 Å². The second kappa shape index (κ2) is 6.96. The maximum absolute atomic E-state index is 11.7. The maximum Gasteiger partial charge on any atom is 0.323 e. The number of nitro benzene ring substituents is 1. The molecule has 0 aliphatic carbocycles. The molecule has 0 radical (unpaired) electrons. The van der Waals surface area contributed by atoms with Crippen LogP contribution in [0, 0.1) is 10.1 Å². The zero-order valence-corrected chi connectivity index (χ0v) is 13.9. The lowest BCUT2D eigenvalue weighted by molar-refractivity contribution is -0.382. The Kier molecular flexibility index (Phi) is 4.36. The van der Waals surface area contributed by atoms with Gasteiger partial charge in [-0.2, -0.15) is 0 Å². The fraction of sp³-hybridized carbons (Fsp3) is 0.294. The number of nitro groups is 1. The Morgan fingerprint density at radius 2 is 1.88 bits per heavy atom. The number of nitrogens with one attached hydrogen (secondary N) is 1. The van der Waals surface area contributed by atoms with Gasteiger partial charge in [-0.05, 0) is 21.9 Å². The topological polar surface area (TPSA) is 107 Å². The molecule has 26 heavy (non-hydrogen) atoms. The van der Waals surface area contributed by atoms with Crippen LogP contribution in [0.1, 0.15) is 5.56 Å². The fourth-order valence-corrected chi connectivity index (χ4v) is 3.07. The van der Waals surface area contributed by atoms with Gasteiger partial charge in [-0.15, -0.1) is 0 Å². The Hall–Kier alpha value is -3.20. The van der Waals surface area contributed by atoms with Gasteiger partial charge in [-0.3, -0.25) is 10.1 Å². The van der Waals surface area contributed by atoms with Crippen molar-refractivity contribution in [1.82, 2.24) is 10.3 Å². The van der Waals surface area contributed by atoms with Crippen molar-refractivity contribution in [3.63, 3.8) is 0 Å². The van der Waals surface area contributed by atoms with Gasteiger partial charge in [0.1, 0.15) is 5.69 Å². The predicted octanol–water partition coefficient (Wildman–Crippen LogP) is 2.58. The Labute approximate surface area is 148 Å². The van der Waals surface area contributed by atoms with Crippen LogP contribution in [-0.4, -0.2) is 41.5 Å². The van der Waals surface area contributed by atoms with E-state index < -0.39 is 4.92 Å². The summed E-state index contributed by atoms with van der Waals surface area (Å²) in [5, 5.41) is 22.5. The van der Waals surface area contributed by atoms with Crippen molar-refractivity contribution in [2.24, 2.45) is 0 Å². The smallest absolute Gasteiger partial charge is 0.323 e. The first-order valence-electron chi connectivity index (χ1n) is 8.28. The van der Waals surface area contributed by atoms with Crippen molar-refractivity contribution in [3.8, 4) is 0 Å². The standard InChI is InChI=1S/C17H17N5O4/c23-22(24)17-13(18-11-12-4-2-1-3-5-12)10-14(15-16(17)20-26-19-15)21-6-8-25-9-7-21/h1-5,10,18H,6-9,11H2. The summed E-state index contributed by atoms with van der Waals surface area (Å²) >= 11 is 0. The van der Waals surface area contributed by atoms with Gasteiger partial charge in [0.25, 0.3) is 0 Å². The number of ether oxygens (including phenoxy) is 1. The van der Waals surface area contributed by atoms with Crippen molar-refractivity contribution < 1.29 is 14.3 Å². The van der Waals surface area contributed by atoms with E-state index in [2.05, 4.69) is 20.5 Å². The Bertz CT molecular complexity index is 922. The summed E-state index contributed by atoms with van der Waals surface area (Å²) in [4.78, 5) is 13.3. The lowest BCUT2D eigenvalue weighted by atomic mass is 10.1. The van der Waals surface area contributed by atoms with Gasteiger partial charge in [0.05, 0.1) is 23.8 Å². The molecule has 9 heteroatoms. The number of aromatic nitrogens is 2.